The van der Waals surface area contributed by atoms with Crippen molar-refractivity contribution in [1.29, 1.82) is 0 Å². The predicted molar refractivity (Wildman–Crippen MR) is 151 cm³/mol. The van der Waals surface area contributed by atoms with Crippen molar-refractivity contribution in [2.24, 2.45) is 11.7 Å². The molecule has 5 amide bonds. The number of rotatable bonds is 11. The van der Waals surface area contributed by atoms with E-state index in [9.17, 15) is 29.1 Å². The molecular formula is C28H44N6O7. The van der Waals surface area contributed by atoms with Crippen molar-refractivity contribution in [3.63, 3.8) is 0 Å². The van der Waals surface area contributed by atoms with Crippen LogP contribution in [0.25, 0.3) is 0 Å². The molecule has 1 aromatic rings. The van der Waals surface area contributed by atoms with E-state index in [1.165, 1.54) is 9.80 Å². The Morgan fingerprint density at radius 2 is 1.73 bits per heavy atom. The number of nitrogens with one attached hydrogen (secondary N) is 3. The lowest BCUT2D eigenvalue weighted by Crippen LogP contribution is -2.54. The fraction of sp³-hybridized carbons (Fsp3) is 0.607. The number of aliphatic hydroxyl groups is 1. The maximum Gasteiger partial charge on any atom is 0.410 e. The van der Waals surface area contributed by atoms with Crippen LogP contribution >= 0.6 is 0 Å². The molecule has 13 heteroatoms. The van der Waals surface area contributed by atoms with E-state index in [2.05, 4.69) is 16.0 Å². The number of amides is 5. The average Bonchev–Trinajstić information content (AvgIpc) is 3.30. The number of likely N-dealkylation sites (N-methyl/N-ethyl adjacent to an activating group) is 1. The number of carbonyl (C=O) groups excluding carboxylic acids is 5. The predicted octanol–water partition coefficient (Wildman–Crippen LogP) is -0.112. The highest BCUT2D eigenvalue weighted by Gasteiger charge is 2.40. The molecule has 6 N–H and O–H groups in total. The quantitative estimate of drug-likeness (QED) is 0.242. The van der Waals surface area contributed by atoms with Crippen LogP contribution in [0.5, 0.6) is 0 Å². The van der Waals surface area contributed by atoms with Gasteiger partial charge in [-0.15, -0.1) is 0 Å². The second-order valence-electron chi connectivity index (χ2n) is 11.4. The zero-order valence-corrected chi connectivity index (χ0v) is 24.7. The number of likely N-dealkylation sites (tertiary alicyclic amines) is 1. The first-order valence-corrected chi connectivity index (χ1v) is 13.7. The van der Waals surface area contributed by atoms with Gasteiger partial charge in [0.15, 0.2) is 6.10 Å². The highest BCUT2D eigenvalue weighted by Crippen LogP contribution is 2.20. The van der Waals surface area contributed by atoms with Gasteiger partial charge in [0.05, 0.1) is 18.5 Å². The van der Waals surface area contributed by atoms with Gasteiger partial charge >= 0.3 is 6.09 Å². The molecule has 41 heavy (non-hydrogen) atoms. The number of aliphatic hydroxyl groups excluding tert-OH is 1. The summed E-state index contributed by atoms with van der Waals surface area (Å²) >= 11 is 0. The summed E-state index contributed by atoms with van der Waals surface area (Å²) < 4.78 is 5.36. The monoisotopic (exact) mass is 576 g/mol. The molecule has 228 valence electrons. The number of nitrogens with zero attached hydrogens (tertiary/aromatic N) is 2. The van der Waals surface area contributed by atoms with Crippen LogP contribution in [0.2, 0.25) is 0 Å². The van der Waals surface area contributed by atoms with Crippen LogP contribution in [0.1, 0.15) is 52.1 Å². The molecule has 1 unspecified atom stereocenters. The molecule has 0 aromatic heterocycles. The number of ether oxygens (including phenoxy) is 1. The third-order valence-corrected chi connectivity index (χ3v) is 6.48. The van der Waals surface area contributed by atoms with Crippen molar-refractivity contribution in [2.75, 3.05) is 33.7 Å². The lowest BCUT2D eigenvalue weighted by atomic mass is 10.00. The van der Waals surface area contributed by atoms with Gasteiger partial charge in [0, 0.05) is 33.2 Å². The number of hydrogen-bond donors (Lipinski definition) is 5. The van der Waals surface area contributed by atoms with E-state index < -0.39 is 66.1 Å². The standard InChI is InChI=1S/C28H44N6O7/c1-7-11-20(31-24(37)18-15-34(16-19(18)29)27(40)41-28(2,3)4)23(36)25(38)30-14-21(35)32-22(26(39)33(5)6)17-12-9-8-10-13-17/h8-10,12-13,18-20,22-23,36H,7,11,14-16,29H2,1-6H3,(H,30,38)(H,31,37)(H,32,35)/t18-,19+,20+,22+,23?/m1/s1. The molecule has 0 radical (unpaired) electrons. The van der Waals surface area contributed by atoms with E-state index >= 15 is 0 Å². The Kier molecular flexibility index (Phi) is 12.1. The molecule has 1 heterocycles. The number of nitrogens with two attached hydrogens (primary N) is 1. The van der Waals surface area contributed by atoms with Crippen LogP contribution in [0.15, 0.2) is 30.3 Å². The minimum Gasteiger partial charge on any atom is -0.444 e. The number of hydrogen-bond acceptors (Lipinski definition) is 8. The second kappa shape index (κ2) is 14.8. The van der Waals surface area contributed by atoms with Crippen molar-refractivity contribution in [3.8, 4) is 0 Å². The van der Waals surface area contributed by atoms with Gasteiger partial charge in [0.25, 0.3) is 5.91 Å². The zero-order chi connectivity index (χ0) is 30.9. The molecular weight excluding hydrogens is 532 g/mol. The largest absolute Gasteiger partial charge is 0.444 e. The van der Waals surface area contributed by atoms with E-state index in [0.717, 1.165) is 0 Å². The summed E-state index contributed by atoms with van der Waals surface area (Å²) in [6, 6.07) is 6.12. The Hall–Kier alpha value is -3.71. The lowest BCUT2D eigenvalue weighted by Gasteiger charge is -2.26. The Balaban J connectivity index is 1.97. The van der Waals surface area contributed by atoms with Crippen molar-refractivity contribution in [2.45, 2.75) is 70.4 Å². The summed E-state index contributed by atoms with van der Waals surface area (Å²) in [4.78, 5) is 66.2. The van der Waals surface area contributed by atoms with Crippen molar-refractivity contribution >= 4 is 29.7 Å². The Morgan fingerprint density at radius 3 is 2.29 bits per heavy atom. The highest BCUT2D eigenvalue weighted by molar-refractivity contribution is 5.92. The van der Waals surface area contributed by atoms with Crippen molar-refractivity contribution < 1.29 is 33.8 Å². The molecule has 0 saturated carbocycles. The molecule has 1 aliphatic rings. The summed E-state index contributed by atoms with van der Waals surface area (Å²) in [6.45, 7) is 6.71. The van der Waals surface area contributed by atoms with Gasteiger partial charge in [0.2, 0.25) is 17.7 Å². The minimum atomic E-state index is -1.65. The van der Waals surface area contributed by atoms with Crippen molar-refractivity contribution in [1.82, 2.24) is 25.8 Å². The third kappa shape index (κ3) is 10.0. The van der Waals surface area contributed by atoms with Gasteiger partial charge in [-0.1, -0.05) is 43.7 Å². The normalized spacial score (nSPS) is 19.0. The molecule has 0 bridgehead atoms. The summed E-state index contributed by atoms with van der Waals surface area (Å²) in [7, 11) is 3.14. The van der Waals surface area contributed by atoms with Gasteiger partial charge in [-0.3, -0.25) is 19.2 Å². The highest BCUT2D eigenvalue weighted by atomic mass is 16.6. The van der Waals surface area contributed by atoms with Crippen molar-refractivity contribution in [3.05, 3.63) is 35.9 Å². The van der Waals surface area contributed by atoms with Crippen LogP contribution in [-0.4, -0.2) is 102 Å². The SMILES string of the molecule is CCC[C@H](NC(=O)[C@@H]1CN(C(=O)OC(C)(C)C)C[C@@H]1N)C(O)C(=O)NCC(=O)N[C@H](C(=O)N(C)C)c1ccccc1. The summed E-state index contributed by atoms with van der Waals surface area (Å²) in [5.41, 5.74) is 6.01. The average molecular weight is 577 g/mol. The minimum absolute atomic E-state index is 0.0392. The molecule has 1 aliphatic heterocycles. The molecule has 5 atom stereocenters. The van der Waals surface area contributed by atoms with Crippen LogP contribution in [-0.2, 0) is 23.9 Å². The first kappa shape index (κ1) is 33.5. The van der Waals surface area contributed by atoms with Gasteiger partial charge in [-0.2, -0.15) is 0 Å². The van der Waals surface area contributed by atoms with Gasteiger partial charge in [-0.25, -0.2) is 4.79 Å². The fourth-order valence-corrected chi connectivity index (χ4v) is 4.35. The molecule has 1 fully saturated rings. The Labute approximate surface area is 241 Å². The van der Waals surface area contributed by atoms with E-state index in [1.807, 2.05) is 6.92 Å². The summed E-state index contributed by atoms with van der Waals surface area (Å²) in [5.74, 6) is -3.10. The smallest absolute Gasteiger partial charge is 0.410 e. The van der Waals surface area contributed by atoms with Gasteiger partial charge < -0.3 is 41.3 Å². The summed E-state index contributed by atoms with van der Waals surface area (Å²) in [5, 5.41) is 18.4. The first-order valence-electron chi connectivity index (χ1n) is 13.7. The topological polar surface area (TPSA) is 183 Å². The molecule has 0 aliphatic carbocycles. The number of benzene rings is 1. The van der Waals surface area contributed by atoms with E-state index in [1.54, 1.807) is 65.2 Å². The van der Waals surface area contributed by atoms with Crippen LogP contribution in [0.4, 0.5) is 4.79 Å². The van der Waals surface area contributed by atoms with Gasteiger partial charge in [-0.05, 0) is 32.8 Å². The first-order chi connectivity index (χ1) is 19.1. The second-order valence-corrected chi connectivity index (χ2v) is 11.4. The van der Waals surface area contributed by atoms with Gasteiger partial charge in [0.1, 0.15) is 11.6 Å². The van der Waals surface area contributed by atoms with E-state index in [4.69, 9.17) is 10.5 Å². The molecule has 1 saturated heterocycles. The molecule has 13 nitrogen and oxygen atoms in total. The number of carbonyl (C=O) groups is 5. The fourth-order valence-electron chi connectivity index (χ4n) is 4.35. The maximum absolute atomic E-state index is 13.0. The lowest BCUT2D eigenvalue weighted by molar-refractivity contribution is -0.136. The Bertz CT molecular complexity index is 1080. The summed E-state index contributed by atoms with van der Waals surface area (Å²) in [6.07, 6.45) is -1.41. The van der Waals surface area contributed by atoms with Crippen LogP contribution in [0, 0.1) is 5.92 Å². The Morgan fingerprint density at radius 1 is 1.10 bits per heavy atom. The molecule has 1 aromatic carbocycles. The zero-order valence-electron chi connectivity index (χ0n) is 24.7. The maximum atomic E-state index is 13.0. The van der Waals surface area contributed by atoms with E-state index in [0.29, 0.717) is 12.0 Å². The third-order valence-electron chi connectivity index (χ3n) is 6.48. The van der Waals surface area contributed by atoms with E-state index in [-0.39, 0.29) is 25.4 Å². The van der Waals surface area contributed by atoms with Crippen LogP contribution < -0.4 is 21.7 Å². The molecule has 0 spiro atoms. The van der Waals surface area contributed by atoms with Crippen LogP contribution in [0.3, 0.4) is 0 Å². The molecule has 2 rings (SSSR count).